The summed E-state index contributed by atoms with van der Waals surface area (Å²) in [7, 11) is 0. The van der Waals surface area contributed by atoms with Crippen LogP contribution in [0.2, 0.25) is 0 Å². The number of benzene rings is 1. The Balaban J connectivity index is 1.44. The first-order valence-electron chi connectivity index (χ1n) is 12.9. The lowest BCUT2D eigenvalue weighted by Crippen LogP contribution is -2.30. The molecule has 1 atom stereocenters. The minimum absolute atomic E-state index is 0.0172. The first kappa shape index (κ1) is 25.9. The minimum Gasteiger partial charge on any atom is -0.382 e. The molecular formula is C30H31N7O2. The Morgan fingerprint density at radius 1 is 1.10 bits per heavy atom. The number of carbonyl (C=O) groups excluding carboxylic acids is 2. The fourth-order valence-corrected chi connectivity index (χ4v) is 4.86. The molecule has 3 N–H and O–H groups in total. The van der Waals surface area contributed by atoms with Gasteiger partial charge in [-0.2, -0.15) is 0 Å². The van der Waals surface area contributed by atoms with Gasteiger partial charge in [-0.25, -0.2) is 15.0 Å². The molecular weight excluding hydrogens is 490 g/mol. The second kappa shape index (κ2) is 10.2. The average Bonchev–Trinajstić information content (AvgIpc) is 3.54. The fourth-order valence-electron chi connectivity index (χ4n) is 4.86. The number of nitrogens with one attached hydrogen (secondary N) is 1. The van der Waals surface area contributed by atoms with Crippen LogP contribution >= 0.6 is 0 Å². The molecule has 3 aromatic heterocycles. The molecule has 2 amide bonds. The number of fused-ring (bicyclic) bond motifs is 1. The Hall–Kier alpha value is -4.71. The first-order chi connectivity index (χ1) is 18.7. The molecule has 1 aromatic carbocycles. The SMILES string of the molecule is CC#CC(=O)N1CCC[C@H]1c1nc(-c2ccc(C(=O)Nc3ccc(C(C)(C)C)cn3)cc2)c2c(N)nccn12. The number of likely N-dealkylation sites (tertiary alicyclic amines) is 1. The molecule has 4 heterocycles. The molecule has 1 aliphatic rings. The van der Waals surface area contributed by atoms with Crippen molar-refractivity contribution in [3.8, 4) is 23.1 Å². The van der Waals surface area contributed by atoms with Crippen molar-refractivity contribution in [2.75, 3.05) is 17.6 Å². The van der Waals surface area contributed by atoms with Gasteiger partial charge in [0.2, 0.25) is 0 Å². The van der Waals surface area contributed by atoms with Gasteiger partial charge in [-0.05, 0) is 54.9 Å². The maximum Gasteiger partial charge on any atom is 0.299 e. The zero-order valence-corrected chi connectivity index (χ0v) is 22.5. The lowest BCUT2D eigenvalue weighted by Gasteiger charge is -2.21. The Kier molecular flexibility index (Phi) is 6.79. The van der Waals surface area contributed by atoms with Crippen LogP contribution in [-0.4, -0.2) is 42.6 Å². The molecule has 0 saturated carbocycles. The molecule has 0 spiro atoms. The van der Waals surface area contributed by atoms with Crippen LogP contribution in [0.25, 0.3) is 16.8 Å². The van der Waals surface area contributed by atoms with E-state index in [9.17, 15) is 9.59 Å². The second-order valence-electron chi connectivity index (χ2n) is 10.6. The summed E-state index contributed by atoms with van der Waals surface area (Å²) < 4.78 is 1.90. The summed E-state index contributed by atoms with van der Waals surface area (Å²) in [4.78, 5) is 40.9. The fraction of sp³-hybridized carbons (Fsp3) is 0.300. The summed E-state index contributed by atoms with van der Waals surface area (Å²) in [5.74, 6) is 6.42. The molecule has 4 aromatic rings. The number of pyridine rings is 1. The van der Waals surface area contributed by atoms with E-state index in [0.29, 0.717) is 40.8 Å². The highest BCUT2D eigenvalue weighted by atomic mass is 16.2. The number of rotatable bonds is 4. The van der Waals surface area contributed by atoms with Gasteiger partial charge in [0.05, 0.1) is 6.04 Å². The van der Waals surface area contributed by atoms with Gasteiger partial charge in [0.15, 0.2) is 0 Å². The van der Waals surface area contributed by atoms with Gasteiger partial charge in [-0.3, -0.25) is 14.0 Å². The van der Waals surface area contributed by atoms with Crippen LogP contribution in [0.5, 0.6) is 0 Å². The highest BCUT2D eigenvalue weighted by molar-refractivity contribution is 6.04. The van der Waals surface area contributed by atoms with E-state index in [-0.39, 0.29) is 23.3 Å². The molecule has 39 heavy (non-hydrogen) atoms. The molecule has 1 fully saturated rings. The number of carbonyl (C=O) groups is 2. The van der Waals surface area contributed by atoms with Gasteiger partial charge in [-0.1, -0.05) is 44.9 Å². The van der Waals surface area contributed by atoms with Crippen molar-refractivity contribution >= 4 is 29.0 Å². The molecule has 5 rings (SSSR count). The van der Waals surface area contributed by atoms with Crippen LogP contribution in [0.4, 0.5) is 11.6 Å². The van der Waals surface area contributed by atoms with Crippen molar-refractivity contribution in [1.29, 1.82) is 0 Å². The molecule has 9 nitrogen and oxygen atoms in total. The van der Waals surface area contributed by atoms with Crippen molar-refractivity contribution in [2.24, 2.45) is 0 Å². The van der Waals surface area contributed by atoms with Gasteiger partial charge in [0.1, 0.15) is 28.7 Å². The standard InChI is InChI=1S/C30H31N7O2/c1-5-7-24(38)36-16-6-8-22(36)28-35-25(26-27(31)32-15-17-37(26)28)19-9-11-20(12-10-19)29(39)34-23-14-13-21(18-33-23)30(2,3)4/h9-15,17-18,22H,6,8,16H2,1-4H3,(H2,31,32)(H,33,34,39)/t22-/m0/s1. The molecule has 198 valence electrons. The Bertz CT molecular complexity index is 1600. The highest BCUT2D eigenvalue weighted by Gasteiger charge is 2.33. The first-order valence-corrected chi connectivity index (χ1v) is 12.9. The monoisotopic (exact) mass is 521 g/mol. The molecule has 0 radical (unpaired) electrons. The van der Waals surface area contributed by atoms with Gasteiger partial charge >= 0.3 is 0 Å². The maximum absolute atomic E-state index is 12.9. The highest BCUT2D eigenvalue weighted by Crippen LogP contribution is 2.36. The summed E-state index contributed by atoms with van der Waals surface area (Å²) >= 11 is 0. The summed E-state index contributed by atoms with van der Waals surface area (Å²) in [5, 5.41) is 2.85. The van der Waals surface area contributed by atoms with E-state index < -0.39 is 0 Å². The van der Waals surface area contributed by atoms with Crippen molar-refractivity contribution in [3.63, 3.8) is 0 Å². The number of nitrogen functional groups attached to an aromatic ring is 1. The predicted octanol–water partition coefficient (Wildman–Crippen LogP) is 4.61. The summed E-state index contributed by atoms with van der Waals surface area (Å²) in [6, 6.07) is 10.7. The zero-order valence-electron chi connectivity index (χ0n) is 22.5. The third kappa shape index (κ3) is 5.06. The molecule has 0 aliphatic carbocycles. The van der Waals surface area contributed by atoms with Crippen LogP contribution in [0.3, 0.4) is 0 Å². The lowest BCUT2D eigenvalue weighted by atomic mass is 9.88. The van der Waals surface area contributed by atoms with Crippen LogP contribution in [0.15, 0.2) is 55.0 Å². The largest absolute Gasteiger partial charge is 0.382 e. The predicted molar refractivity (Wildman–Crippen MR) is 151 cm³/mol. The normalized spacial score (nSPS) is 15.2. The van der Waals surface area contributed by atoms with Crippen LogP contribution in [0, 0.1) is 11.8 Å². The van der Waals surface area contributed by atoms with Crippen molar-refractivity contribution in [3.05, 3.63) is 71.9 Å². The smallest absolute Gasteiger partial charge is 0.299 e. The number of anilines is 2. The van der Waals surface area contributed by atoms with Crippen molar-refractivity contribution in [2.45, 2.75) is 52.0 Å². The van der Waals surface area contributed by atoms with E-state index in [1.165, 1.54) is 0 Å². The van der Waals surface area contributed by atoms with Crippen LogP contribution < -0.4 is 11.1 Å². The van der Waals surface area contributed by atoms with Crippen molar-refractivity contribution in [1.82, 2.24) is 24.3 Å². The molecule has 1 aliphatic heterocycles. The van der Waals surface area contributed by atoms with Gasteiger partial charge < -0.3 is 16.0 Å². The summed E-state index contributed by atoms with van der Waals surface area (Å²) in [5.41, 5.74) is 9.95. The Labute approximate surface area is 227 Å². The van der Waals surface area contributed by atoms with E-state index in [2.05, 4.69) is 47.9 Å². The molecule has 0 bridgehead atoms. The quantitative estimate of drug-likeness (QED) is 0.379. The molecule has 1 saturated heterocycles. The second-order valence-corrected chi connectivity index (χ2v) is 10.6. The van der Waals surface area contributed by atoms with Gasteiger partial charge in [0, 0.05) is 36.3 Å². The number of aromatic nitrogens is 4. The zero-order chi connectivity index (χ0) is 27.7. The minimum atomic E-state index is -0.258. The van der Waals surface area contributed by atoms with E-state index in [1.54, 1.807) is 36.4 Å². The van der Waals surface area contributed by atoms with E-state index in [4.69, 9.17) is 10.7 Å². The van der Waals surface area contributed by atoms with Gasteiger partial charge in [0.25, 0.3) is 11.8 Å². The number of amides is 2. The van der Waals surface area contributed by atoms with E-state index in [0.717, 1.165) is 24.0 Å². The third-order valence-electron chi connectivity index (χ3n) is 6.95. The Morgan fingerprint density at radius 3 is 2.54 bits per heavy atom. The lowest BCUT2D eigenvalue weighted by molar-refractivity contribution is -0.126. The third-order valence-corrected chi connectivity index (χ3v) is 6.95. The number of imidazole rings is 1. The number of hydrogen-bond donors (Lipinski definition) is 2. The average molecular weight is 522 g/mol. The van der Waals surface area contributed by atoms with Crippen molar-refractivity contribution < 1.29 is 9.59 Å². The number of nitrogens with two attached hydrogens (primary N) is 1. The summed E-state index contributed by atoms with van der Waals surface area (Å²) in [6.07, 6.45) is 6.86. The number of hydrogen-bond acceptors (Lipinski definition) is 6. The van der Waals surface area contributed by atoms with E-state index >= 15 is 0 Å². The van der Waals surface area contributed by atoms with Crippen LogP contribution in [-0.2, 0) is 10.2 Å². The Morgan fingerprint density at radius 2 is 1.87 bits per heavy atom. The molecule has 9 heteroatoms. The number of nitrogens with zero attached hydrogens (tertiary/aromatic N) is 5. The van der Waals surface area contributed by atoms with Crippen LogP contribution in [0.1, 0.15) is 68.3 Å². The van der Waals surface area contributed by atoms with E-state index in [1.807, 2.05) is 34.9 Å². The summed E-state index contributed by atoms with van der Waals surface area (Å²) in [6.45, 7) is 8.63. The topological polar surface area (TPSA) is 119 Å². The molecule has 0 unspecified atom stereocenters. The maximum atomic E-state index is 12.9. The van der Waals surface area contributed by atoms with Gasteiger partial charge in [-0.15, -0.1) is 0 Å².